The van der Waals surface area contributed by atoms with E-state index in [-0.39, 0.29) is 28.6 Å². The molecule has 0 atom stereocenters. The Morgan fingerprint density at radius 3 is 2.50 bits per heavy atom. The van der Waals surface area contributed by atoms with Crippen LogP contribution in [-0.4, -0.2) is 44.1 Å². The van der Waals surface area contributed by atoms with E-state index in [2.05, 4.69) is 10.6 Å². The Morgan fingerprint density at radius 2 is 2.00 bits per heavy atom. The summed E-state index contributed by atoms with van der Waals surface area (Å²) in [5.74, 6) is -1.30. The first-order chi connectivity index (χ1) is 9.19. The highest BCUT2D eigenvalue weighted by atomic mass is 35.5. The number of carbonyl (C=O) groups excluding carboxylic acids is 1. The first kappa shape index (κ1) is 16.3. The molecule has 0 bridgehead atoms. The minimum absolute atomic E-state index is 0.00182. The lowest BCUT2D eigenvalue weighted by Crippen LogP contribution is -2.32. The third kappa shape index (κ3) is 5.45. The molecule has 9 heteroatoms. The van der Waals surface area contributed by atoms with Crippen molar-refractivity contribution in [3.05, 3.63) is 28.8 Å². The molecular formula is C11H13ClN2O5S. The van der Waals surface area contributed by atoms with E-state index in [1.807, 2.05) is 0 Å². The van der Waals surface area contributed by atoms with Crippen molar-refractivity contribution in [1.82, 2.24) is 5.32 Å². The van der Waals surface area contributed by atoms with Crippen LogP contribution in [0.2, 0.25) is 5.02 Å². The summed E-state index contributed by atoms with van der Waals surface area (Å²) in [6.07, 6.45) is 1.06. The van der Waals surface area contributed by atoms with Crippen LogP contribution in [0.5, 0.6) is 0 Å². The standard InChI is InChI=1S/C11H13ClN2O5S/c1-20(18,19)5-4-13-11(17)14-9-3-2-7(10(15)16)6-8(9)12/h2-3,6H,4-5H2,1H3,(H,15,16)(H2,13,14,17). The van der Waals surface area contributed by atoms with E-state index in [9.17, 15) is 18.0 Å². The molecule has 1 rings (SSSR count). The fraction of sp³-hybridized carbons (Fsp3) is 0.273. The van der Waals surface area contributed by atoms with E-state index < -0.39 is 21.8 Å². The van der Waals surface area contributed by atoms with Gasteiger partial charge in [0.2, 0.25) is 0 Å². The molecule has 1 aromatic rings. The van der Waals surface area contributed by atoms with Crippen LogP contribution >= 0.6 is 11.6 Å². The monoisotopic (exact) mass is 320 g/mol. The number of urea groups is 1. The first-order valence-corrected chi connectivity index (χ1v) is 7.88. The number of rotatable bonds is 5. The van der Waals surface area contributed by atoms with E-state index in [0.29, 0.717) is 0 Å². The van der Waals surface area contributed by atoms with Crippen LogP contribution in [0.4, 0.5) is 10.5 Å². The maximum atomic E-state index is 11.5. The molecule has 7 nitrogen and oxygen atoms in total. The summed E-state index contributed by atoms with van der Waals surface area (Å²) >= 11 is 5.82. The highest BCUT2D eigenvalue weighted by molar-refractivity contribution is 7.90. The van der Waals surface area contributed by atoms with Gasteiger partial charge in [0, 0.05) is 12.8 Å². The average molecular weight is 321 g/mol. The number of carbonyl (C=O) groups is 2. The lowest BCUT2D eigenvalue weighted by atomic mass is 10.2. The molecular weight excluding hydrogens is 308 g/mol. The van der Waals surface area contributed by atoms with E-state index in [1.165, 1.54) is 18.2 Å². The third-order valence-electron chi connectivity index (χ3n) is 2.22. The number of carboxylic acids is 1. The van der Waals surface area contributed by atoms with Crippen LogP contribution in [0.25, 0.3) is 0 Å². The van der Waals surface area contributed by atoms with Crippen molar-refractivity contribution in [2.24, 2.45) is 0 Å². The predicted molar refractivity (Wildman–Crippen MR) is 75.1 cm³/mol. The van der Waals surface area contributed by atoms with Crippen molar-refractivity contribution in [3.8, 4) is 0 Å². The smallest absolute Gasteiger partial charge is 0.335 e. The molecule has 20 heavy (non-hydrogen) atoms. The highest BCUT2D eigenvalue weighted by Gasteiger charge is 2.10. The van der Waals surface area contributed by atoms with Gasteiger partial charge in [0.15, 0.2) is 0 Å². The minimum Gasteiger partial charge on any atom is -0.478 e. The number of benzene rings is 1. The second kappa shape index (κ2) is 6.58. The van der Waals surface area contributed by atoms with Gasteiger partial charge in [0.05, 0.1) is 22.0 Å². The lowest BCUT2D eigenvalue weighted by molar-refractivity contribution is 0.0697. The number of halogens is 1. The van der Waals surface area contributed by atoms with Gasteiger partial charge in [-0.05, 0) is 18.2 Å². The van der Waals surface area contributed by atoms with Gasteiger partial charge in [0.1, 0.15) is 9.84 Å². The van der Waals surface area contributed by atoms with Gasteiger partial charge in [-0.25, -0.2) is 18.0 Å². The van der Waals surface area contributed by atoms with Crippen LogP contribution in [0.3, 0.4) is 0 Å². The molecule has 0 aliphatic carbocycles. The van der Waals surface area contributed by atoms with Crippen LogP contribution in [0.1, 0.15) is 10.4 Å². The van der Waals surface area contributed by atoms with Gasteiger partial charge in [0.25, 0.3) is 0 Å². The van der Waals surface area contributed by atoms with E-state index in [4.69, 9.17) is 16.7 Å². The maximum absolute atomic E-state index is 11.5. The number of hydrogen-bond acceptors (Lipinski definition) is 4. The Morgan fingerprint density at radius 1 is 1.35 bits per heavy atom. The van der Waals surface area contributed by atoms with Crippen molar-refractivity contribution in [3.63, 3.8) is 0 Å². The van der Waals surface area contributed by atoms with Crippen LogP contribution in [0, 0.1) is 0 Å². The Balaban J connectivity index is 2.60. The Hall–Kier alpha value is -1.80. The molecule has 3 N–H and O–H groups in total. The van der Waals surface area contributed by atoms with E-state index in [1.54, 1.807) is 0 Å². The van der Waals surface area contributed by atoms with Gasteiger partial charge >= 0.3 is 12.0 Å². The van der Waals surface area contributed by atoms with Crippen LogP contribution in [-0.2, 0) is 9.84 Å². The molecule has 0 aromatic heterocycles. The van der Waals surface area contributed by atoms with Crippen LogP contribution in [0.15, 0.2) is 18.2 Å². The Labute approximate surface area is 120 Å². The number of anilines is 1. The SMILES string of the molecule is CS(=O)(=O)CCNC(=O)Nc1ccc(C(=O)O)cc1Cl. The third-order valence-corrected chi connectivity index (χ3v) is 3.48. The van der Waals surface area contributed by atoms with Crippen molar-refractivity contribution in [2.45, 2.75) is 0 Å². The zero-order chi connectivity index (χ0) is 15.3. The second-order valence-corrected chi connectivity index (χ2v) is 6.68. The largest absolute Gasteiger partial charge is 0.478 e. The molecule has 0 unspecified atom stereocenters. The van der Waals surface area contributed by atoms with Crippen molar-refractivity contribution in [1.29, 1.82) is 0 Å². The quantitative estimate of drug-likeness (QED) is 0.754. The molecule has 1 aromatic carbocycles. The number of amides is 2. The van der Waals surface area contributed by atoms with Crippen molar-refractivity contribution < 1.29 is 23.1 Å². The number of nitrogens with one attached hydrogen (secondary N) is 2. The molecule has 0 saturated heterocycles. The molecule has 0 heterocycles. The summed E-state index contributed by atoms with van der Waals surface area (Å²) in [7, 11) is -3.15. The zero-order valence-corrected chi connectivity index (χ0v) is 12.1. The fourth-order valence-electron chi connectivity index (χ4n) is 1.27. The summed E-state index contributed by atoms with van der Waals surface area (Å²) in [6.45, 7) is -0.0322. The Kier molecular flexibility index (Phi) is 5.34. The van der Waals surface area contributed by atoms with Gasteiger partial charge in [-0.2, -0.15) is 0 Å². The Bertz CT molecular complexity index is 630. The molecule has 2 amide bonds. The van der Waals surface area contributed by atoms with E-state index in [0.717, 1.165) is 6.26 Å². The first-order valence-electron chi connectivity index (χ1n) is 5.44. The number of aromatic carboxylic acids is 1. The summed E-state index contributed by atoms with van der Waals surface area (Å²) in [4.78, 5) is 22.2. The normalized spacial score (nSPS) is 10.9. The highest BCUT2D eigenvalue weighted by Crippen LogP contribution is 2.22. The predicted octanol–water partition coefficient (Wildman–Crippen LogP) is 1.20. The number of sulfone groups is 1. The van der Waals surface area contributed by atoms with Crippen molar-refractivity contribution >= 4 is 39.1 Å². The molecule has 0 saturated carbocycles. The van der Waals surface area contributed by atoms with Gasteiger partial charge < -0.3 is 15.7 Å². The topological polar surface area (TPSA) is 113 Å². The molecule has 0 radical (unpaired) electrons. The lowest BCUT2D eigenvalue weighted by Gasteiger charge is -2.09. The summed E-state index contributed by atoms with van der Waals surface area (Å²) < 4.78 is 21.8. The summed E-state index contributed by atoms with van der Waals surface area (Å²) in [6, 6.07) is 3.22. The molecule has 0 aliphatic heterocycles. The van der Waals surface area contributed by atoms with Crippen LogP contribution < -0.4 is 10.6 Å². The average Bonchev–Trinajstić information content (AvgIpc) is 2.29. The van der Waals surface area contributed by atoms with Crippen molar-refractivity contribution in [2.75, 3.05) is 23.9 Å². The maximum Gasteiger partial charge on any atom is 0.335 e. The molecule has 0 fully saturated rings. The molecule has 110 valence electrons. The van der Waals surface area contributed by atoms with Gasteiger partial charge in [-0.3, -0.25) is 0 Å². The molecule has 0 aliphatic rings. The van der Waals surface area contributed by atoms with Gasteiger partial charge in [-0.15, -0.1) is 0 Å². The molecule has 0 spiro atoms. The minimum atomic E-state index is -3.15. The zero-order valence-electron chi connectivity index (χ0n) is 10.5. The fourth-order valence-corrected chi connectivity index (χ4v) is 1.97. The second-order valence-electron chi connectivity index (χ2n) is 4.01. The van der Waals surface area contributed by atoms with E-state index >= 15 is 0 Å². The number of hydrogen-bond donors (Lipinski definition) is 3. The van der Waals surface area contributed by atoms with Gasteiger partial charge in [-0.1, -0.05) is 11.6 Å². The summed E-state index contributed by atoms with van der Waals surface area (Å²) in [5.41, 5.74) is 0.228. The number of carboxylic acid groups (broad SMARTS) is 1. The summed E-state index contributed by atoms with van der Waals surface area (Å²) in [5, 5.41) is 13.6.